The van der Waals surface area contributed by atoms with Gasteiger partial charge in [0.25, 0.3) is 0 Å². The van der Waals surface area contributed by atoms with Gasteiger partial charge in [0.2, 0.25) is 0 Å². The maximum Gasteiger partial charge on any atom is 0.513 e. The Morgan fingerprint density at radius 1 is 0.547 bits per heavy atom. The predicted octanol–water partition coefficient (Wildman–Crippen LogP) is 7.05. The highest BCUT2D eigenvalue weighted by Crippen LogP contribution is 2.21. The van der Waals surface area contributed by atoms with Crippen molar-refractivity contribution in [2.75, 3.05) is 33.5 Å². The topological polar surface area (TPSA) is 176 Å². The number of carbonyl (C=O) groups is 6. The number of hydrogen-bond acceptors (Lipinski definition) is 14. The van der Waals surface area contributed by atoms with Crippen molar-refractivity contribution in [2.24, 2.45) is 0 Å². The summed E-state index contributed by atoms with van der Waals surface area (Å²) in [6.07, 6.45) is 2.61. The molecule has 0 aromatic heterocycles. The summed E-state index contributed by atoms with van der Waals surface area (Å²) in [5.74, 6) is -0.971. The van der Waals surface area contributed by atoms with E-state index in [1.54, 1.807) is 6.07 Å². The van der Waals surface area contributed by atoms with Crippen LogP contribution in [0.1, 0.15) is 57.5 Å². The molecule has 0 aliphatic carbocycles. The van der Waals surface area contributed by atoms with Crippen molar-refractivity contribution in [3.8, 4) is 17.2 Å². The highest BCUT2D eigenvalue weighted by molar-refractivity contribution is 5.91. The monoisotopic (exact) mass is 734 g/mol. The van der Waals surface area contributed by atoms with Crippen LogP contribution in [0.25, 0.3) is 0 Å². The number of carbonyl (C=O) groups excluding carboxylic acids is 6. The van der Waals surface area contributed by atoms with Crippen molar-refractivity contribution in [2.45, 2.75) is 39.5 Å². The van der Waals surface area contributed by atoms with E-state index in [1.807, 2.05) is 26.0 Å². The fourth-order valence-electron chi connectivity index (χ4n) is 3.94. The van der Waals surface area contributed by atoms with Crippen molar-refractivity contribution < 1.29 is 66.7 Å². The van der Waals surface area contributed by atoms with Gasteiger partial charge in [0.1, 0.15) is 17.2 Å². The number of benzene rings is 3. The minimum atomic E-state index is -0.858. The zero-order chi connectivity index (χ0) is 39.0. The van der Waals surface area contributed by atoms with E-state index in [1.165, 1.54) is 55.6 Å². The van der Waals surface area contributed by atoms with Crippen LogP contribution in [0.15, 0.2) is 92.0 Å². The standard InChI is InChI=1S/C23H24O7.C16H18O7/c1-4-21(24)27-13-5-6-14-28-23(26)29-19-10-8-18(9-11-19)22(25)30-20-12-7-16(2)15-17(20)3;1-3-14(17)21-10-4-5-11-22-16(19)23-13-8-6-12(7-9-13)15(18)20-2/h4,7-12,15H,1,5-6,13-14H2,2-3H3;3,6-9H,1,4-5,10-11H2,2H3. The Balaban J connectivity index is 0.000000381. The maximum absolute atomic E-state index is 12.3. The lowest BCUT2D eigenvalue weighted by molar-refractivity contribution is -0.138. The molecule has 3 rings (SSSR count). The van der Waals surface area contributed by atoms with Crippen LogP contribution in [0.4, 0.5) is 9.59 Å². The first kappa shape index (κ1) is 42.7. The molecule has 0 fully saturated rings. The van der Waals surface area contributed by atoms with Crippen LogP contribution in [0.2, 0.25) is 0 Å². The molecule has 3 aromatic rings. The van der Waals surface area contributed by atoms with E-state index in [9.17, 15) is 28.8 Å². The Bertz CT molecular complexity index is 1690. The molecule has 0 bridgehead atoms. The molecular formula is C39H42O14. The SMILES string of the molecule is C=CC(=O)OCCCCOC(=O)Oc1ccc(C(=O)OC)cc1.C=CC(=O)OCCCCOC(=O)Oc1ccc(C(=O)Oc2ccc(C)cc2C)cc1. The minimum absolute atomic E-state index is 0.130. The van der Waals surface area contributed by atoms with Crippen LogP contribution in [0.3, 0.4) is 0 Å². The Kier molecular flexibility index (Phi) is 19.2. The normalized spacial score (nSPS) is 9.87. The molecule has 0 unspecified atom stereocenters. The first-order chi connectivity index (χ1) is 25.4. The minimum Gasteiger partial charge on any atom is -0.465 e. The molecule has 0 atom stereocenters. The van der Waals surface area contributed by atoms with Crippen molar-refractivity contribution in [1.82, 2.24) is 0 Å². The van der Waals surface area contributed by atoms with E-state index in [0.717, 1.165) is 23.3 Å². The molecule has 0 aliphatic heterocycles. The van der Waals surface area contributed by atoms with Gasteiger partial charge in [0.05, 0.1) is 44.7 Å². The lowest BCUT2D eigenvalue weighted by Gasteiger charge is -2.09. The molecule has 0 N–H and O–H groups in total. The lowest BCUT2D eigenvalue weighted by atomic mass is 10.1. The molecule has 3 aromatic carbocycles. The molecule has 0 aliphatic rings. The Morgan fingerprint density at radius 2 is 0.962 bits per heavy atom. The van der Waals surface area contributed by atoms with Gasteiger partial charge in [0.15, 0.2) is 0 Å². The van der Waals surface area contributed by atoms with E-state index < -0.39 is 36.2 Å². The summed E-state index contributed by atoms with van der Waals surface area (Å²) in [7, 11) is 1.28. The average Bonchev–Trinajstić information content (AvgIpc) is 3.15. The molecule has 0 heterocycles. The number of methoxy groups -OCH3 is 1. The number of esters is 4. The zero-order valence-corrected chi connectivity index (χ0v) is 29.8. The summed E-state index contributed by atoms with van der Waals surface area (Å²) in [5, 5.41) is 0. The lowest BCUT2D eigenvalue weighted by Crippen LogP contribution is -2.13. The second-order valence-electron chi connectivity index (χ2n) is 10.8. The molecule has 0 radical (unpaired) electrons. The largest absolute Gasteiger partial charge is 0.513 e. The maximum atomic E-state index is 12.3. The molecule has 282 valence electrons. The summed E-state index contributed by atoms with van der Waals surface area (Å²) in [6.45, 7) is 11.1. The van der Waals surface area contributed by atoms with Gasteiger partial charge < -0.3 is 37.9 Å². The van der Waals surface area contributed by atoms with Crippen LogP contribution >= 0.6 is 0 Å². The highest BCUT2D eigenvalue weighted by Gasteiger charge is 2.13. The van der Waals surface area contributed by atoms with Crippen LogP contribution in [-0.2, 0) is 33.3 Å². The van der Waals surface area contributed by atoms with Crippen LogP contribution in [0.5, 0.6) is 17.2 Å². The molecule has 0 amide bonds. The highest BCUT2D eigenvalue weighted by atomic mass is 16.7. The zero-order valence-electron chi connectivity index (χ0n) is 29.8. The number of aryl methyl sites for hydroxylation is 2. The van der Waals surface area contributed by atoms with Crippen LogP contribution in [0, 0.1) is 13.8 Å². The fourth-order valence-corrected chi connectivity index (χ4v) is 3.94. The number of rotatable bonds is 17. The first-order valence-electron chi connectivity index (χ1n) is 16.3. The van der Waals surface area contributed by atoms with Gasteiger partial charge in [-0.1, -0.05) is 30.9 Å². The molecule has 14 heteroatoms. The van der Waals surface area contributed by atoms with E-state index in [-0.39, 0.29) is 37.9 Å². The van der Waals surface area contributed by atoms with Crippen LogP contribution < -0.4 is 14.2 Å². The summed E-state index contributed by atoms with van der Waals surface area (Å²) in [5.41, 5.74) is 2.62. The van der Waals surface area contributed by atoms with Gasteiger partial charge in [-0.05, 0) is 99.7 Å². The molecule has 53 heavy (non-hydrogen) atoms. The van der Waals surface area contributed by atoms with Gasteiger partial charge in [-0.2, -0.15) is 0 Å². The number of hydrogen-bond donors (Lipinski definition) is 0. The Hall–Kier alpha value is -6.44. The Labute approximate surface area is 307 Å². The van der Waals surface area contributed by atoms with Crippen LogP contribution in [-0.4, -0.2) is 69.7 Å². The molecular weight excluding hydrogens is 692 g/mol. The van der Waals surface area contributed by atoms with E-state index in [2.05, 4.69) is 17.9 Å². The van der Waals surface area contributed by atoms with Gasteiger partial charge in [-0.3, -0.25) is 0 Å². The number of ether oxygens (including phenoxy) is 8. The van der Waals surface area contributed by atoms with E-state index in [4.69, 9.17) is 33.2 Å². The molecule has 0 saturated carbocycles. The van der Waals surface area contributed by atoms with Gasteiger partial charge in [-0.15, -0.1) is 0 Å². The number of unbranched alkanes of at least 4 members (excludes halogenated alkanes) is 2. The summed E-state index contributed by atoms with van der Waals surface area (Å²) in [4.78, 5) is 68.3. The second-order valence-corrected chi connectivity index (χ2v) is 10.8. The second kappa shape index (κ2) is 23.9. The summed E-state index contributed by atoms with van der Waals surface area (Å²) in [6, 6.07) is 17.4. The summed E-state index contributed by atoms with van der Waals surface area (Å²) >= 11 is 0. The van der Waals surface area contributed by atoms with Crippen molar-refractivity contribution >= 4 is 36.2 Å². The molecule has 0 spiro atoms. The van der Waals surface area contributed by atoms with Crippen molar-refractivity contribution in [3.63, 3.8) is 0 Å². The van der Waals surface area contributed by atoms with E-state index >= 15 is 0 Å². The molecule has 14 nitrogen and oxygen atoms in total. The van der Waals surface area contributed by atoms with Gasteiger partial charge >= 0.3 is 36.2 Å². The van der Waals surface area contributed by atoms with Gasteiger partial charge in [-0.25, -0.2) is 28.8 Å². The first-order valence-corrected chi connectivity index (χ1v) is 16.3. The van der Waals surface area contributed by atoms with Crippen molar-refractivity contribution in [1.29, 1.82) is 0 Å². The van der Waals surface area contributed by atoms with E-state index in [0.29, 0.717) is 42.6 Å². The molecule has 0 saturated heterocycles. The van der Waals surface area contributed by atoms with Gasteiger partial charge in [0, 0.05) is 12.2 Å². The van der Waals surface area contributed by atoms with Crippen molar-refractivity contribution in [3.05, 3.63) is 114 Å². The smallest absolute Gasteiger partial charge is 0.465 e. The average molecular weight is 735 g/mol. The Morgan fingerprint density at radius 3 is 1.36 bits per heavy atom. The fraction of sp³-hybridized carbons (Fsp3) is 0.282. The predicted molar refractivity (Wildman–Crippen MR) is 190 cm³/mol. The summed E-state index contributed by atoms with van der Waals surface area (Å²) < 4.78 is 39.3. The quantitative estimate of drug-likeness (QED) is 0.0344. The third-order valence-electron chi connectivity index (χ3n) is 6.64. The third-order valence-corrected chi connectivity index (χ3v) is 6.64. The third kappa shape index (κ3) is 17.4.